The highest BCUT2D eigenvalue weighted by Crippen LogP contribution is 2.30. The highest BCUT2D eigenvalue weighted by Gasteiger charge is 2.20. The molecule has 1 aliphatic rings. The number of fused-ring (bicyclic) bond motifs is 1. The summed E-state index contributed by atoms with van der Waals surface area (Å²) in [7, 11) is 0. The molecule has 3 N–H and O–H groups in total. The average Bonchev–Trinajstić information content (AvgIpc) is 2.64. The van der Waals surface area contributed by atoms with Gasteiger partial charge in [-0.05, 0) is 23.8 Å². The zero-order chi connectivity index (χ0) is 17.6. The Kier molecular flexibility index (Phi) is 5.35. The maximum Gasteiger partial charge on any atom is 0.315 e. The van der Waals surface area contributed by atoms with Gasteiger partial charge >= 0.3 is 6.03 Å². The van der Waals surface area contributed by atoms with Crippen molar-refractivity contribution in [3.8, 4) is 11.5 Å². The highest BCUT2D eigenvalue weighted by molar-refractivity contribution is 5.73. The minimum atomic E-state index is -0.492. The minimum absolute atomic E-state index is 0.180. The molecule has 6 nitrogen and oxygen atoms in total. The lowest BCUT2D eigenvalue weighted by Gasteiger charge is -2.26. The van der Waals surface area contributed by atoms with Crippen molar-refractivity contribution in [2.45, 2.75) is 19.3 Å². The summed E-state index contributed by atoms with van der Waals surface area (Å²) in [4.78, 5) is 11.9. The standard InChI is InChI=1S/C18H19FN2O4/c19-15-7-12(5-6-13(15)10-22)8-20-18(23)21-9-14-11-24-16-3-1-2-4-17(16)25-14/h1-7,14,22H,8-11H2,(H2,20,21,23)/t14-/m1/s1. The van der Waals surface area contributed by atoms with E-state index in [1.54, 1.807) is 6.07 Å². The van der Waals surface area contributed by atoms with Gasteiger partial charge in [0.05, 0.1) is 13.2 Å². The summed E-state index contributed by atoms with van der Waals surface area (Å²) < 4.78 is 24.9. The zero-order valence-electron chi connectivity index (χ0n) is 13.5. The van der Waals surface area contributed by atoms with Crippen LogP contribution in [0.5, 0.6) is 11.5 Å². The van der Waals surface area contributed by atoms with Gasteiger partial charge in [0.1, 0.15) is 12.4 Å². The number of hydrogen-bond donors (Lipinski definition) is 3. The number of aliphatic hydroxyl groups excluding tert-OH is 1. The molecule has 0 spiro atoms. The Labute approximate surface area is 144 Å². The van der Waals surface area contributed by atoms with E-state index < -0.39 is 5.82 Å². The largest absolute Gasteiger partial charge is 0.486 e. The summed E-state index contributed by atoms with van der Waals surface area (Å²) in [6, 6.07) is 11.4. The van der Waals surface area contributed by atoms with Gasteiger partial charge in [-0.3, -0.25) is 0 Å². The lowest BCUT2D eigenvalue weighted by molar-refractivity contribution is 0.0918. The van der Waals surface area contributed by atoms with Gasteiger partial charge in [-0.1, -0.05) is 24.3 Å². The second kappa shape index (κ2) is 7.85. The Morgan fingerprint density at radius 2 is 2.00 bits per heavy atom. The third-order valence-corrected chi connectivity index (χ3v) is 3.80. The molecule has 132 valence electrons. The Morgan fingerprint density at radius 1 is 1.20 bits per heavy atom. The van der Waals surface area contributed by atoms with Crippen molar-refractivity contribution in [3.05, 3.63) is 59.4 Å². The number of carbonyl (C=O) groups is 1. The number of amides is 2. The fourth-order valence-electron chi connectivity index (χ4n) is 2.44. The normalized spacial score (nSPS) is 15.5. The van der Waals surface area contributed by atoms with Crippen LogP contribution in [0, 0.1) is 5.82 Å². The maximum atomic E-state index is 13.6. The second-order valence-corrected chi connectivity index (χ2v) is 5.65. The van der Waals surface area contributed by atoms with E-state index in [-0.39, 0.29) is 37.4 Å². The molecular weight excluding hydrogens is 327 g/mol. The van der Waals surface area contributed by atoms with E-state index in [0.29, 0.717) is 23.7 Å². The molecule has 3 rings (SSSR count). The van der Waals surface area contributed by atoms with Gasteiger partial charge in [0.15, 0.2) is 17.6 Å². The molecule has 0 radical (unpaired) electrons. The molecule has 0 aromatic heterocycles. The van der Waals surface area contributed by atoms with Crippen molar-refractivity contribution in [1.82, 2.24) is 10.6 Å². The van der Waals surface area contributed by atoms with Gasteiger partial charge in [-0.15, -0.1) is 0 Å². The van der Waals surface area contributed by atoms with Crippen LogP contribution in [-0.4, -0.2) is 30.4 Å². The van der Waals surface area contributed by atoms with Crippen LogP contribution in [0.2, 0.25) is 0 Å². The second-order valence-electron chi connectivity index (χ2n) is 5.65. The highest BCUT2D eigenvalue weighted by atomic mass is 19.1. The quantitative estimate of drug-likeness (QED) is 0.773. The SMILES string of the molecule is O=C(NCc1ccc(CO)c(F)c1)NC[C@@H]1COc2ccccc2O1. The van der Waals surface area contributed by atoms with Crippen LogP contribution in [-0.2, 0) is 13.2 Å². The fraction of sp³-hybridized carbons (Fsp3) is 0.278. The number of halogens is 1. The molecule has 1 heterocycles. The fourth-order valence-corrected chi connectivity index (χ4v) is 2.44. The van der Waals surface area contributed by atoms with E-state index in [1.165, 1.54) is 12.1 Å². The number of benzene rings is 2. The lowest BCUT2D eigenvalue weighted by Crippen LogP contribution is -2.44. The number of carbonyl (C=O) groups excluding carboxylic acids is 1. The van der Waals surface area contributed by atoms with E-state index in [4.69, 9.17) is 14.6 Å². The number of ether oxygens (including phenoxy) is 2. The third-order valence-electron chi connectivity index (χ3n) is 3.80. The number of hydrogen-bond acceptors (Lipinski definition) is 4. The topological polar surface area (TPSA) is 79.8 Å². The van der Waals surface area contributed by atoms with Crippen LogP contribution in [0.25, 0.3) is 0 Å². The van der Waals surface area contributed by atoms with Gasteiger partial charge in [0.25, 0.3) is 0 Å². The Hall–Kier alpha value is -2.80. The number of aliphatic hydroxyl groups is 1. The van der Waals surface area contributed by atoms with Gasteiger partial charge in [0, 0.05) is 12.1 Å². The minimum Gasteiger partial charge on any atom is -0.486 e. The molecule has 0 saturated heterocycles. The first-order valence-electron chi connectivity index (χ1n) is 7.94. The number of rotatable bonds is 5. The molecule has 1 aliphatic heterocycles. The van der Waals surface area contributed by atoms with Crippen molar-refractivity contribution >= 4 is 6.03 Å². The maximum absolute atomic E-state index is 13.6. The molecule has 2 amide bonds. The van der Waals surface area contributed by atoms with Crippen LogP contribution >= 0.6 is 0 Å². The Bertz CT molecular complexity index is 754. The van der Waals surface area contributed by atoms with Gasteiger partial charge in [-0.2, -0.15) is 0 Å². The van der Waals surface area contributed by atoms with E-state index >= 15 is 0 Å². The Balaban J connectivity index is 1.44. The van der Waals surface area contributed by atoms with Crippen LogP contribution in [0.3, 0.4) is 0 Å². The number of nitrogens with one attached hydrogen (secondary N) is 2. The van der Waals surface area contributed by atoms with Crippen LogP contribution in [0.15, 0.2) is 42.5 Å². The van der Waals surface area contributed by atoms with Crippen LogP contribution in [0.4, 0.5) is 9.18 Å². The molecule has 0 fully saturated rings. The van der Waals surface area contributed by atoms with Gasteiger partial charge in [-0.25, -0.2) is 9.18 Å². The molecule has 0 unspecified atom stereocenters. The van der Waals surface area contributed by atoms with Gasteiger partial charge in [0.2, 0.25) is 0 Å². The van der Waals surface area contributed by atoms with Crippen molar-refractivity contribution in [3.63, 3.8) is 0 Å². The van der Waals surface area contributed by atoms with E-state index in [1.807, 2.05) is 24.3 Å². The summed E-state index contributed by atoms with van der Waals surface area (Å²) in [5.74, 6) is 0.852. The first kappa shape index (κ1) is 17.0. The molecule has 0 bridgehead atoms. The monoisotopic (exact) mass is 346 g/mol. The molecule has 2 aromatic rings. The molecule has 0 aliphatic carbocycles. The van der Waals surface area contributed by atoms with Gasteiger partial charge < -0.3 is 25.2 Å². The molecular formula is C18H19FN2O4. The van der Waals surface area contributed by atoms with E-state index in [0.717, 1.165) is 0 Å². The number of para-hydroxylation sites is 2. The summed E-state index contributed by atoms with van der Waals surface area (Å²) in [5, 5.41) is 14.3. The lowest BCUT2D eigenvalue weighted by atomic mass is 10.1. The molecule has 2 aromatic carbocycles. The average molecular weight is 346 g/mol. The van der Waals surface area contributed by atoms with Crippen molar-refractivity contribution in [1.29, 1.82) is 0 Å². The van der Waals surface area contributed by atoms with Crippen molar-refractivity contribution in [2.24, 2.45) is 0 Å². The summed E-state index contributed by atoms with van der Waals surface area (Å²) in [6.45, 7) is 0.467. The van der Waals surface area contributed by atoms with E-state index in [2.05, 4.69) is 10.6 Å². The van der Waals surface area contributed by atoms with Crippen molar-refractivity contribution in [2.75, 3.05) is 13.2 Å². The summed E-state index contributed by atoms with van der Waals surface area (Å²) >= 11 is 0. The first-order valence-corrected chi connectivity index (χ1v) is 7.94. The zero-order valence-corrected chi connectivity index (χ0v) is 13.5. The first-order chi connectivity index (χ1) is 12.2. The van der Waals surface area contributed by atoms with E-state index in [9.17, 15) is 9.18 Å². The molecule has 7 heteroatoms. The van der Waals surface area contributed by atoms with Crippen LogP contribution < -0.4 is 20.1 Å². The number of urea groups is 1. The predicted octanol–water partition coefficient (Wildman–Crippen LogP) is 1.96. The Morgan fingerprint density at radius 3 is 2.76 bits per heavy atom. The summed E-state index contributed by atoms with van der Waals surface area (Å²) in [5.41, 5.74) is 0.832. The molecule has 0 saturated carbocycles. The van der Waals surface area contributed by atoms with Crippen molar-refractivity contribution < 1.29 is 23.8 Å². The summed E-state index contributed by atoms with van der Waals surface area (Å²) in [6.07, 6.45) is -0.276. The van der Waals surface area contributed by atoms with Crippen LogP contribution in [0.1, 0.15) is 11.1 Å². The predicted molar refractivity (Wildman–Crippen MR) is 88.9 cm³/mol. The smallest absolute Gasteiger partial charge is 0.315 e. The third kappa shape index (κ3) is 4.39. The molecule has 25 heavy (non-hydrogen) atoms. The molecule has 1 atom stereocenters.